The first-order valence-electron chi connectivity index (χ1n) is 7.90. The second-order valence-corrected chi connectivity index (χ2v) is 6.34. The van der Waals surface area contributed by atoms with Gasteiger partial charge < -0.3 is 0 Å². The summed E-state index contributed by atoms with van der Waals surface area (Å²) in [5.74, 6) is -0.0793. The lowest BCUT2D eigenvalue weighted by molar-refractivity contribution is 0.104. The number of hydrogen-bond donors (Lipinski definition) is 0. The molecular weight excluding hydrogens is 316 g/mol. The summed E-state index contributed by atoms with van der Waals surface area (Å²) in [6.45, 7) is 0. The normalized spacial score (nSPS) is 12.2. The van der Waals surface area contributed by atoms with Gasteiger partial charge in [-0.05, 0) is 52.4 Å². The van der Waals surface area contributed by atoms with Crippen LogP contribution in [0.15, 0.2) is 72.8 Å². The quantitative estimate of drug-likeness (QED) is 0.342. The fraction of sp³-hybridized carbons (Fsp3) is 0.0455. The summed E-state index contributed by atoms with van der Waals surface area (Å²) in [5, 5.41) is 0.483. The Labute approximate surface area is 146 Å². The van der Waals surface area contributed by atoms with Crippen LogP contribution in [0.25, 0.3) is 17.2 Å². The number of fused-ring (bicyclic) bond motifs is 3. The van der Waals surface area contributed by atoms with Gasteiger partial charge in [-0.15, -0.1) is 0 Å². The minimum Gasteiger partial charge on any atom is -0.289 e. The van der Waals surface area contributed by atoms with Gasteiger partial charge in [0.1, 0.15) is 0 Å². The van der Waals surface area contributed by atoms with Gasteiger partial charge in [0.25, 0.3) is 0 Å². The summed E-state index contributed by atoms with van der Waals surface area (Å²) >= 11 is 6.07. The molecule has 0 radical (unpaired) electrons. The molecule has 1 aliphatic rings. The molecule has 0 heterocycles. The molecular formula is C22H15ClO. The Hall–Kier alpha value is -2.64. The van der Waals surface area contributed by atoms with Crippen LogP contribution in [0.4, 0.5) is 0 Å². The van der Waals surface area contributed by atoms with Crippen LogP contribution in [0.3, 0.4) is 0 Å². The predicted molar refractivity (Wildman–Crippen MR) is 99.5 cm³/mol. The summed E-state index contributed by atoms with van der Waals surface area (Å²) in [7, 11) is 0. The van der Waals surface area contributed by atoms with E-state index in [9.17, 15) is 4.79 Å². The van der Waals surface area contributed by atoms with Crippen molar-refractivity contribution in [3.63, 3.8) is 0 Å². The van der Waals surface area contributed by atoms with Gasteiger partial charge in [-0.25, -0.2) is 0 Å². The van der Waals surface area contributed by atoms with Crippen molar-refractivity contribution in [2.75, 3.05) is 0 Å². The SMILES string of the molecule is O=C(/C=C/c1ccc2c(c1)Cc1ccccc1-2)c1ccccc1Cl. The summed E-state index contributed by atoms with van der Waals surface area (Å²) < 4.78 is 0. The first kappa shape index (κ1) is 14.9. The summed E-state index contributed by atoms with van der Waals surface area (Å²) in [4.78, 5) is 12.3. The topological polar surface area (TPSA) is 17.1 Å². The van der Waals surface area contributed by atoms with Crippen LogP contribution in [-0.4, -0.2) is 5.78 Å². The van der Waals surface area contributed by atoms with E-state index < -0.39 is 0 Å². The van der Waals surface area contributed by atoms with E-state index in [1.54, 1.807) is 18.2 Å². The number of carbonyl (C=O) groups excluding carboxylic acids is 1. The third-order valence-corrected chi connectivity index (χ3v) is 4.71. The minimum absolute atomic E-state index is 0.0793. The number of halogens is 1. The third-order valence-electron chi connectivity index (χ3n) is 4.38. The number of carbonyl (C=O) groups is 1. The van der Waals surface area contributed by atoms with E-state index in [0.29, 0.717) is 10.6 Å². The van der Waals surface area contributed by atoms with Crippen molar-refractivity contribution in [1.82, 2.24) is 0 Å². The Balaban J connectivity index is 1.60. The van der Waals surface area contributed by atoms with Gasteiger partial charge >= 0.3 is 0 Å². The molecule has 116 valence electrons. The molecule has 3 aromatic rings. The standard InChI is InChI=1S/C22H15ClO/c23-21-8-4-3-7-20(21)22(24)12-10-15-9-11-19-17(13-15)14-16-5-1-2-6-18(16)19/h1-13H,14H2/b12-10+. The summed E-state index contributed by atoms with van der Waals surface area (Å²) in [6.07, 6.45) is 4.39. The highest BCUT2D eigenvalue weighted by molar-refractivity contribution is 6.34. The molecule has 0 spiro atoms. The fourth-order valence-corrected chi connectivity index (χ4v) is 3.42. The van der Waals surface area contributed by atoms with Gasteiger partial charge in [-0.3, -0.25) is 4.79 Å². The number of allylic oxidation sites excluding steroid dienone is 1. The van der Waals surface area contributed by atoms with Crippen LogP contribution < -0.4 is 0 Å². The van der Waals surface area contributed by atoms with Gasteiger partial charge in [0.15, 0.2) is 5.78 Å². The number of hydrogen-bond acceptors (Lipinski definition) is 1. The van der Waals surface area contributed by atoms with Crippen LogP contribution in [0.1, 0.15) is 27.0 Å². The first-order valence-corrected chi connectivity index (χ1v) is 8.28. The molecule has 0 atom stereocenters. The molecule has 1 aliphatic carbocycles. The van der Waals surface area contributed by atoms with Crippen molar-refractivity contribution < 1.29 is 4.79 Å². The van der Waals surface area contributed by atoms with Crippen molar-refractivity contribution in [3.05, 3.63) is 100 Å². The van der Waals surface area contributed by atoms with Crippen molar-refractivity contribution >= 4 is 23.5 Å². The molecule has 0 aromatic heterocycles. The molecule has 0 bridgehead atoms. The molecule has 2 heteroatoms. The molecule has 0 N–H and O–H groups in total. The lowest BCUT2D eigenvalue weighted by Gasteiger charge is -2.02. The van der Waals surface area contributed by atoms with Gasteiger partial charge in [0.2, 0.25) is 0 Å². The molecule has 0 saturated carbocycles. The molecule has 4 rings (SSSR count). The fourth-order valence-electron chi connectivity index (χ4n) is 3.19. The summed E-state index contributed by atoms with van der Waals surface area (Å²) in [6, 6.07) is 22.0. The Bertz CT molecular complexity index is 969. The third kappa shape index (κ3) is 2.68. The number of ketones is 1. The van der Waals surface area contributed by atoms with E-state index in [1.165, 1.54) is 22.3 Å². The number of rotatable bonds is 3. The van der Waals surface area contributed by atoms with Crippen LogP contribution in [0.5, 0.6) is 0 Å². The smallest absolute Gasteiger partial charge is 0.187 e. The predicted octanol–water partition coefficient (Wildman–Crippen LogP) is 5.81. The monoisotopic (exact) mass is 330 g/mol. The van der Waals surface area contributed by atoms with E-state index in [0.717, 1.165) is 12.0 Å². The van der Waals surface area contributed by atoms with Gasteiger partial charge in [0.05, 0.1) is 5.02 Å². The van der Waals surface area contributed by atoms with Gasteiger partial charge in [-0.2, -0.15) is 0 Å². The number of benzene rings is 3. The molecule has 3 aromatic carbocycles. The van der Waals surface area contributed by atoms with Crippen molar-refractivity contribution in [2.45, 2.75) is 6.42 Å². The zero-order valence-corrected chi connectivity index (χ0v) is 13.8. The molecule has 0 aliphatic heterocycles. The zero-order valence-electron chi connectivity index (χ0n) is 13.0. The van der Waals surface area contributed by atoms with Crippen molar-refractivity contribution in [3.8, 4) is 11.1 Å². The lowest BCUT2D eigenvalue weighted by Crippen LogP contribution is -1.94. The molecule has 0 unspecified atom stereocenters. The minimum atomic E-state index is -0.0793. The highest BCUT2D eigenvalue weighted by Gasteiger charge is 2.17. The molecule has 0 fully saturated rings. The van der Waals surface area contributed by atoms with E-state index in [4.69, 9.17) is 11.6 Å². The van der Waals surface area contributed by atoms with Crippen molar-refractivity contribution in [2.24, 2.45) is 0 Å². The highest BCUT2D eigenvalue weighted by atomic mass is 35.5. The van der Waals surface area contributed by atoms with Gasteiger partial charge in [-0.1, -0.05) is 72.3 Å². The Kier molecular flexibility index (Phi) is 3.79. The second kappa shape index (κ2) is 6.10. The average molecular weight is 331 g/mol. The second-order valence-electron chi connectivity index (χ2n) is 5.93. The van der Waals surface area contributed by atoms with E-state index >= 15 is 0 Å². The van der Waals surface area contributed by atoms with Crippen molar-refractivity contribution in [1.29, 1.82) is 0 Å². The van der Waals surface area contributed by atoms with Gasteiger partial charge in [0, 0.05) is 5.56 Å². The zero-order chi connectivity index (χ0) is 16.5. The Morgan fingerprint density at radius 2 is 1.62 bits per heavy atom. The maximum atomic E-state index is 12.3. The van der Waals surface area contributed by atoms with Crippen LogP contribution >= 0.6 is 11.6 Å². The lowest BCUT2D eigenvalue weighted by atomic mass is 10.0. The highest BCUT2D eigenvalue weighted by Crippen LogP contribution is 2.36. The maximum absolute atomic E-state index is 12.3. The first-order chi connectivity index (χ1) is 11.7. The van der Waals surface area contributed by atoms with E-state index in [-0.39, 0.29) is 5.78 Å². The molecule has 0 amide bonds. The maximum Gasteiger partial charge on any atom is 0.187 e. The van der Waals surface area contributed by atoms with Crippen LogP contribution in [0.2, 0.25) is 5.02 Å². The largest absolute Gasteiger partial charge is 0.289 e. The molecule has 1 nitrogen and oxygen atoms in total. The van der Waals surface area contributed by atoms with E-state index in [1.807, 2.05) is 18.2 Å². The summed E-state index contributed by atoms with van der Waals surface area (Å²) in [5.41, 5.74) is 6.84. The Morgan fingerprint density at radius 3 is 2.50 bits per heavy atom. The van der Waals surface area contributed by atoms with Crippen LogP contribution in [-0.2, 0) is 6.42 Å². The van der Waals surface area contributed by atoms with Crippen LogP contribution in [0, 0.1) is 0 Å². The average Bonchev–Trinajstić information content (AvgIpc) is 2.98. The molecule has 0 saturated heterocycles. The van der Waals surface area contributed by atoms with E-state index in [2.05, 4.69) is 42.5 Å². The molecule has 24 heavy (non-hydrogen) atoms. The Morgan fingerprint density at radius 1 is 0.875 bits per heavy atom.